The van der Waals surface area contributed by atoms with Crippen molar-refractivity contribution < 1.29 is 9.53 Å². The molecule has 3 aromatic heterocycles. The predicted molar refractivity (Wildman–Crippen MR) is 172 cm³/mol. The number of benzene rings is 1. The summed E-state index contributed by atoms with van der Waals surface area (Å²) in [6.07, 6.45) is 10.2. The summed E-state index contributed by atoms with van der Waals surface area (Å²) in [6, 6.07) is 19.7. The molecule has 1 aliphatic carbocycles. The number of nitrogens with one attached hydrogen (secondary N) is 1. The minimum absolute atomic E-state index is 0.0269. The first-order chi connectivity index (χ1) is 22.0. The topological polar surface area (TPSA) is 126 Å². The molecule has 0 radical (unpaired) electrons. The highest BCUT2D eigenvalue weighted by atomic mass is 16.5. The van der Waals surface area contributed by atoms with Gasteiger partial charge in [-0.3, -0.25) is 14.6 Å². The van der Waals surface area contributed by atoms with Gasteiger partial charge in [-0.15, -0.1) is 0 Å². The molecule has 0 unspecified atom stereocenters. The minimum atomic E-state index is -0.0999. The van der Waals surface area contributed by atoms with Crippen LogP contribution in [0.1, 0.15) is 48.9 Å². The van der Waals surface area contributed by atoms with Gasteiger partial charge in [0.2, 0.25) is 11.9 Å². The summed E-state index contributed by atoms with van der Waals surface area (Å²) in [4.78, 5) is 41.7. The van der Waals surface area contributed by atoms with Gasteiger partial charge in [0.25, 0.3) is 5.56 Å². The van der Waals surface area contributed by atoms with E-state index in [2.05, 4.69) is 21.4 Å². The van der Waals surface area contributed by atoms with Crippen LogP contribution in [0.5, 0.6) is 0 Å². The van der Waals surface area contributed by atoms with Crippen molar-refractivity contribution in [3.05, 3.63) is 100 Å². The van der Waals surface area contributed by atoms with Gasteiger partial charge >= 0.3 is 0 Å². The van der Waals surface area contributed by atoms with Crippen LogP contribution in [0, 0.1) is 17.2 Å². The Labute approximate surface area is 262 Å². The van der Waals surface area contributed by atoms with Crippen molar-refractivity contribution in [1.29, 1.82) is 5.26 Å². The second-order valence-electron chi connectivity index (χ2n) is 11.9. The fourth-order valence-electron chi connectivity index (χ4n) is 6.05. The molecular formula is C35H37N7O3. The molecule has 1 saturated carbocycles. The van der Waals surface area contributed by atoms with Crippen LogP contribution >= 0.6 is 0 Å². The summed E-state index contributed by atoms with van der Waals surface area (Å²) in [6.45, 7) is 1.40. The fraction of sp³-hybridized carbons (Fsp3) is 0.371. The average Bonchev–Trinajstić information content (AvgIpc) is 3.05. The maximum Gasteiger partial charge on any atom is 0.250 e. The number of amides is 1. The van der Waals surface area contributed by atoms with Crippen molar-refractivity contribution in [2.75, 3.05) is 23.4 Å². The van der Waals surface area contributed by atoms with Crippen molar-refractivity contribution in [3.63, 3.8) is 0 Å². The number of ether oxygens (including phenoxy) is 1. The van der Waals surface area contributed by atoms with Crippen LogP contribution in [0.25, 0.3) is 11.3 Å². The SMILES string of the molecule is Cn1ccc(-c2ccc(N(C(=O)CCc3ccccc3)C3CCC(Nc4ncc(C#N)c(CC5COC5)n4)CC3)cn2)cc1=O. The van der Waals surface area contributed by atoms with Crippen LogP contribution in [0.15, 0.2) is 78.0 Å². The number of nitrogens with zero attached hydrogens (tertiary/aromatic N) is 6. The Morgan fingerprint density at radius 2 is 1.87 bits per heavy atom. The second kappa shape index (κ2) is 13.8. The van der Waals surface area contributed by atoms with Gasteiger partial charge in [0, 0.05) is 49.3 Å². The molecule has 0 atom stereocenters. The molecule has 10 heteroatoms. The Morgan fingerprint density at radius 1 is 1.07 bits per heavy atom. The van der Waals surface area contributed by atoms with Crippen molar-refractivity contribution in [2.45, 2.75) is 57.0 Å². The van der Waals surface area contributed by atoms with Crippen molar-refractivity contribution in [2.24, 2.45) is 13.0 Å². The van der Waals surface area contributed by atoms with Gasteiger partial charge in [0.15, 0.2) is 0 Å². The number of pyridine rings is 2. The summed E-state index contributed by atoms with van der Waals surface area (Å²) >= 11 is 0. The molecule has 0 bridgehead atoms. The number of rotatable bonds is 10. The molecule has 1 N–H and O–H groups in total. The summed E-state index contributed by atoms with van der Waals surface area (Å²) < 4.78 is 6.82. The lowest BCUT2D eigenvalue weighted by Gasteiger charge is -2.37. The van der Waals surface area contributed by atoms with Gasteiger partial charge in [-0.25, -0.2) is 9.97 Å². The Hall–Kier alpha value is -4.88. The molecule has 6 rings (SSSR count). The Bertz CT molecular complexity index is 1720. The number of anilines is 2. The van der Waals surface area contributed by atoms with Crippen molar-refractivity contribution in [3.8, 4) is 17.3 Å². The maximum absolute atomic E-state index is 13.8. The van der Waals surface area contributed by atoms with Crippen LogP contribution in [-0.2, 0) is 29.4 Å². The van der Waals surface area contributed by atoms with E-state index in [0.717, 1.165) is 48.2 Å². The van der Waals surface area contributed by atoms with E-state index >= 15 is 0 Å². The van der Waals surface area contributed by atoms with E-state index in [1.807, 2.05) is 53.4 Å². The molecule has 4 heterocycles. The third-order valence-electron chi connectivity index (χ3n) is 8.74. The van der Waals surface area contributed by atoms with Gasteiger partial charge < -0.3 is 19.5 Å². The van der Waals surface area contributed by atoms with E-state index < -0.39 is 0 Å². The number of hydrogen-bond acceptors (Lipinski definition) is 8. The first-order valence-corrected chi connectivity index (χ1v) is 15.6. The van der Waals surface area contributed by atoms with E-state index in [0.29, 0.717) is 55.6 Å². The number of aryl methyl sites for hydroxylation is 2. The predicted octanol–water partition coefficient (Wildman–Crippen LogP) is 4.69. The average molecular weight is 604 g/mol. The van der Waals surface area contributed by atoms with E-state index in [-0.39, 0.29) is 23.6 Å². The molecule has 1 amide bonds. The van der Waals surface area contributed by atoms with Gasteiger partial charge in [-0.1, -0.05) is 30.3 Å². The minimum Gasteiger partial charge on any atom is -0.381 e. The molecule has 4 aromatic rings. The highest BCUT2D eigenvalue weighted by Crippen LogP contribution is 2.31. The van der Waals surface area contributed by atoms with Crippen molar-refractivity contribution >= 4 is 17.5 Å². The highest BCUT2D eigenvalue weighted by Gasteiger charge is 2.31. The number of nitriles is 1. The first kappa shape index (κ1) is 30.2. The second-order valence-corrected chi connectivity index (χ2v) is 11.9. The fourth-order valence-corrected chi connectivity index (χ4v) is 6.05. The van der Waals surface area contributed by atoms with Crippen molar-refractivity contribution in [1.82, 2.24) is 19.5 Å². The normalized spacial score (nSPS) is 18.0. The van der Waals surface area contributed by atoms with Crippen LogP contribution in [0.2, 0.25) is 0 Å². The zero-order chi connectivity index (χ0) is 31.2. The molecule has 10 nitrogen and oxygen atoms in total. The van der Waals surface area contributed by atoms with E-state index in [4.69, 9.17) is 9.72 Å². The van der Waals surface area contributed by atoms with Crippen LogP contribution in [-0.4, -0.2) is 50.7 Å². The molecule has 1 saturated heterocycles. The Kier molecular flexibility index (Phi) is 9.27. The third-order valence-corrected chi connectivity index (χ3v) is 8.74. The van der Waals surface area contributed by atoms with Gasteiger partial charge in [0.1, 0.15) is 6.07 Å². The molecular weight excluding hydrogens is 566 g/mol. The van der Waals surface area contributed by atoms with E-state index in [1.165, 1.54) is 4.57 Å². The van der Waals surface area contributed by atoms with Gasteiger partial charge in [0.05, 0.1) is 48.2 Å². The number of carbonyl (C=O) groups is 1. The molecule has 230 valence electrons. The maximum atomic E-state index is 13.8. The zero-order valence-electron chi connectivity index (χ0n) is 25.4. The van der Waals surface area contributed by atoms with Crippen LogP contribution in [0.3, 0.4) is 0 Å². The number of carbonyl (C=O) groups excluding carboxylic acids is 1. The van der Waals surface area contributed by atoms with E-state index in [1.54, 1.807) is 31.7 Å². The van der Waals surface area contributed by atoms with E-state index in [9.17, 15) is 14.9 Å². The lowest BCUT2D eigenvalue weighted by molar-refractivity contribution is -0.119. The zero-order valence-corrected chi connectivity index (χ0v) is 25.4. The largest absolute Gasteiger partial charge is 0.381 e. The first-order valence-electron chi connectivity index (χ1n) is 15.6. The molecule has 2 aliphatic rings. The summed E-state index contributed by atoms with van der Waals surface area (Å²) in [5.41, 5.74) is 4.49. The molecule has 45 heavy (non-hydrogen) atoms. The summed E-state index contributed by atoms with van der Waals surface area (Å²) in [5.74, 6) is 1.00. The smallest absolute Gasteiger partial charge is 0.250 e. The van der Waals surface area contributed by atoms with Crippen LogP contribution in [0.4, 0.5) is 11.6 Å². The third kappa shape index (κ3) is 7.27. The molecule has 0 spiro atoms. The summed E-state index contributed by atoms with van der Waals surface area (Å²) in [7, 11) is 1.71. The number of aromatic nitrogens is 4. The Morgan fingerprint density at radius 3 is 2.53 bits per heavy atom. The molecule has 2 fully saturated rings. The highest BCUT2D eigenvalue weighted by molar-refractivity contribution is 5.94. The lowest BCUT2D eigenvalue weighted by atomic mass is 9.89. The monoisotopic (exact) mass is 603 g/mol. The number of hydrogen-bond donors (Lipinski definition) is 1. The molecule has 1 aliphatic heterocycles. The van der Waals surface area contributed by atoms with Gasteiger partial charge in [-0.2, -0.15) is 5.26 Å². The molecule has 1 aromatic carbocycles. The standard InChI is InChI=1S/C35H37N7O3/c1-41-16-15-26(18-34(41)44)31-13-12-30(21-37-31)42(33(43)14-7-24-5-3-2-4-6-24)29-10-8-28(9-11-29)39-35-38-20-27(19-36)32(40-35)17-25-22-45-23-25/h2-6,12-13,15-16,18,20-21,25,28-29H,7-11,14,17,22-23H2,1H3,(H,38,39,40). The van der Waals surface area contributed by atoms with Crippen LogP contribution < -0.4 is 15.8 Å². The quantitative estimate of drug-likeness (QED) is 0.277. The van der Waals surface area contributed by atoms with Gasteiger partial charge in [-0.05, 0) is 62.3 Å². The Balaban J connectivity index is 1.16. The lowest BCUT2D eigenvalue weighted by Crippen LogP contribution is -2.44. The summed E-state index contributed by atoms with van der Waals surface area (Å²) in [5, 5.41) is 13.0.